The Bertz CT molecular complexity index is 2050. The number of benzene rings is 4. The first-order chi connectivity index (χ1) is 27.4. The number of nitrogens with zero attached hydrogens (tertiary/aromatic N) is 1. The number of pyridine rings is 1. The van der Waals surface area contributed by atoms with E-state index in [1.165, 1.54) is 6.07 Å². The zero-order valence-corrected chi connectivity index (χ0v) is 31.7. The monoisotopic (exact) mass is 760 g/mol. The first-order valence-electron chi connectivity index (χ1n) is 19.5. The number of aromatic nitrogens is 1. The number of aromatic amines is 1. The molecule has 0 saturated carbocycles. The zero-order chi connectivity index (χ0) is 39.0. The Morgan fingerprint density at radius 2 is 1.52 bits per heavy atom. The molecule has 0 radical (unpaired) electrons. The van der Waals surface area contributed by atoms with Gasteiger partial charge in [-0.05, 0) is 67.1 Å². The number of likely N-dealkylation sites (tertiary alicyclic amines) is 1. The van der Waals surface area contributed by atoms with Crippen molar-refractivity contribution in [1.29, 1.82) is 0 Å². The number of hydrogen-bond acceptors (Lipinski definition) is 8. The fraction of sp³-hybridized carbons (Fsp3) is 0.341. The second kappa shape index (κ2) is 20.8. The molecule has 294 valence electrons. The van der Waals surface area contributed by atoms with Crippen LogP contribution < -0.4 is 31.6 Å². The fourth-order valence-electron chi connectivity index (χ4n) is 6.89. The van der Waals surface area contributed by atoms with Gasteiger partial charge in [-0.2, -0.15) is 0 Å². The van der Waals surface area contributed by atoms with Gasteiger partial charge in [0.15, 0.2) is 0 Å². The molecule has 0 aliphatic carbocycles. The van der Waals surface area contributed by atoms with E-state index in [0.29, 0.717) is 43.1 Å². The first-order valence-corrected chi connectivity index (χ1v) is 19.5. The molecule has 1 aliphatic rings. The molecule has 0 spiro atoms. The number of aliphatic hydroxyl groups excluding tert-OH is 1. The van der Waals surface area contributed by atoms with Gasteiger partial charge < -0.3 is 40.4 Å². The van der Waals surface area contributed by atoms with Gasteiger partial charge in [0, 0.05) is 56.3 Å². The number of hydrogen-bond donors (Lipinski definition) is 6. The number of H-pyrrole nitrogens is 1. The summed E-state index contributed by atoms with van der Waals surface area (Å²) in [6.45, 7) is 4.89. The van der Waals surface area contributed by atoms with Gasteiger partial charge in [0.25, 0.3) is 0 Å². The number of rotatable bonds is 18. The van der Waals surface area contributed by atoms with Gasteiger partial charge in [0.1, 0.15) is 18.5 Å². The van der Waals surface area contributed by atoms with E-state index in [1.807, 2.05) is 91.0 Å². The van der Waals surface area contributed by atoms with E-state index < -0.39 is 12.2 Å². The second-order valence-electron chi connectivity index (χ2n) is 14.0. The van der Waals surface area contributed by atoms with Crippen LogP contribution in [0.2, 0.25) is 0 Å². The molecule has 3 amide bonds. The lowest BCUT2D eigenvalue weighted by Crippen LogP contribution is -2.44. The van der Waals surface area contributed by atoms with Crippen LogP contribution in [0.3, 0.4) is 0 Å². The van der Waals surface area contributed by atoms with Crippen LogP contribution in [0.4, 0.5) is 15.3 Å². The molecular weight excluding hydrogens is 709 g/mol. The standard InChI is InChI=1S/C44H52N6O6/c51-39(36-18-20-40(42-37(36)19-21-41(52)49-42)55-31-32-12-4-1-5-13-32)30-45-24-10-3-11-25-46-43(53)47-26-29-50-27-22-34(23-28-50)56-44(54)48-38-17-9-8-16-35(38)33-14-6-2-7-15-33/h1-2,4-9,12-21,34,39,45,51H,3,10-11,22-31H2,(H,48,54)(H,49,52)(H2,46,47,53)/t39-/m1/s1. The minimum absolute atomic E-state index is 0.150. The lowest BCUT2D eigenvalue weighted by atomic mass is 10.0. The molecule has 5 aromatic rings. The van der Waals surface area contributed by atoms with Crippen LogP contribution in [-0.4, -0.2) is 79.0 Å². The first kappa shape index (κ1) is 40.0. The normalized spacial score (nSPS) is 13.9. The maximum Gasteiger partial charge on any atom is 0.411 e. The number of urea groups is 1. The summed E-state index contributed by atoms with van der Waals surface area (Å²) in [5.41, 5.74) is 4.75. The van der Waals surface area contributed by atoms with E-state index in [9.17, 15) is 19.5 Å². The molecular formula is C44H52N6O6. The summed E-state index contributed by atoms with van der Waals surface area (Å²) in [6.07, 6.45) is 2.79. The van der Waals surface area contributed by atoms with Gasteiger partial charge in [-0.15, -0.1) is 0 Å². The van der Waals surface area contributed by atoms with Crippen molar-refractivity contribution < 1.29 is 24.2 Å². The summed E-state index contributed by atoms with van der Waals surface area (Å²) < 4.78 is 11.8. The van der Waals surface area contributed by atoms with Crippen LogP contribution in [0, 0.1) is 0 Å². The number of fused-ring (bicyclic) bond motifs is 1. The highest BCUT2D eigenvalue weighted by Crippen LogP contribution is 2.31. The van der Waals surface area contributed by atoms with E-state index in [1.54, 1.807) is 12.1 Å². The van der Waals surface area contributed by atoms with Gasteiger partial charge in [0.2, 0.25) is 5.56 Å². The molecule has 2 heterocycles. The smallest absolute Gasteiger partial charge is 0.411 e. The van der Waals surface area contributed by atoms with Crippen LogP contribution in [-0.2, 0) is 11.3 Å². The summed E-state index contributed by atoms with van der Waals surface area (Å²) >= 11 is 0. The van der Waals surface area contributed by atoms with Gasteiger partial charge in [-0.25, -0.2) is 9.59 Å². The predicted molar refractivity (Wildman–Crippen MR) is 220 cm³/mol. The average Bonchev–Trinajstić information content (AvgIpc) is 3.22. The number of amides is 3. The van der Waals surface area contributed by atoms with Crippen LogP contribution in [0.15, 0.2) is 114 Å². The molecule has 6 N–H and O–H groups in total. The van der Waals surface area contributed by atoms with Crippen LogP contribution in [0.5, 0.6) is 5.75 Å². The van der Waals surface area contributed by atoms with E-state index in [-0.39, 0.29) is 17.7 Å². The number of ether oxygens (including phenoxy) is 2. The fourth-order valence-corrected chi connectivity index (χ4v) is 6.89. The van der Waals surface area contributed by atoms with Crippen molar-refractivity contribution in [3.8, 4) is 16.9 Å². The maximum atomic E-state index is 12.7. The third kappa shape index (κ3) is 11.9. The van der Waals surface area contributed by atoms with E-state index in [4.69, 9.17) is 9.47 Å². The van der Waals surface area contributed by atoms with Crippen molar-refractivity contribution in [2.24, 2.45) is 0 Å². The molecule has 56 heavy (non-hydrogen) atoms. The van der Waals surface area contributed by atoms with Crippen LogP contribution in [0.1, 0.15) is 49.3 Å². The lowest BCUT2D eigenvalue weighted by Gasteiger charge is -2.31. The Balaban J connectivity index is 0.800. The van der Waals surface area contributed by atoms with Gasteiger partial charge in [-0.1, -0.05) is 91.3 Å². The molecule has 4 aromatic carbocycles. The minimum atomic E-state index is -0.766. The molecule has 6 rings (SSSR count). The van der Waals surface area contributed by atoms with Crippen molar-refractivity contribution in [3.63, 3.8) is 0 Å². The summed E-state index contributed by atoms with van der Waals surface area (Å²) in [5.74, 6) is 0.556. The number of anilines is 1. The van der Waals surface area contributed by atoms with E-state index in [2.05, 4.69) is 31.2 Å². The topological polar surface area (TPSA) is 157 Å². The van der Waals surface area contributed by atoms with E-state index in [0.717, 1.165) is 86.0 Å². The maximum absolute atomic E-state index is 12.7. The lowest BCUT2D eigenvalue weighted by molar-refractivity contribution is 0.0594. The molecule has 1 aromatic heterocycles. The molecule has 1 fully saturated rings. The molecule has 0 bridgehead atoms. The quantitative estimate of drug-likeness (QED) is 0.0548. The second-order valence-corrected chi connectivity index (χ2v) is 14.0. The van der Waals surface area contributed by atoms with Crippen molar-refractivity contribution in [1.82, 2.24) is 25.8 Å². The van der Waals surface area contributed by atoms with Crippen LogP contribution in [0.25, 0.3) is 22.0 Å². The molecule has 1 aliphatic heterocycles. The van der Waals surface area contributed by atoms with Crippen molar-refractivity contribution in [2.45, 2.75) is 50.9 Å². The highest BCUT2D eigenvalue weighted by Gasteiger charge is 2.23. The Hall–Kier alpha value is -5.69. The Morgan fingerprint density at radius 1 is 0.804 bits per heavy atom. The van der Waals surface area contributed by atoms with Crippen molar-refractivity contribution in [2.75, 3.05) is 51.1 Å². The number of aliphatic hydroxyl groups is 1. The Labute approximate surface area is 327 Å². The number of carbonyl (C=O) groups excluding carboxylic acids is 2. The number of unbranched alkanes of at least 4 members (excludes halogenated alkanes) is 2. The third-order valence-corrected chi connectivity index (χ3v) is 9.91. The number of piperidine rings is 1. The number of nitrogens with one attached hydrogen (secondary N) is 5. The van der Waals surface area contributed by atoms with E-state index >= 15 is 0 Å². The highest BCUT2D eigenvalue weighted by molar-refractivity contribution is 5.91. The molecule has 1 atom stereocenters. The molecule has 12 nitrogen and oxygen atoms in total. The number of carbonyl (C=O) groups is 2. The SMILES string of the molecule is O=C(NCCCCCNC[C@@H](O)c1ccc(OCc2ccccc2)c2[nH]c(=O)ccc12)NCCN1CCC(OC(=O)Nc2ccccc2-c2ccccc2)CC1. The van der Waals surface area contributed by atoms with Gasteiger partial charge in [-0.3, -0.25) is 10.1 Å². The van der Waals surface area contributed by atoms with Gasteiger partial charge >= 0.3 is 12.1 Å². The van der Waals surface area contributed by atoms with Crippen molar-refractivity contribution in [3.05, 3.63) is 131 Å². The molecule has 0 unspecified atom stereocenters. The zero-order valence-electron chi connectivity index (χ0n) is 31.7. The minimum Gasteiger partial charge on any atom is -0.487 e. The summed E-state index contributed by atoms with van der Waals surface area (Å²) in [5, 5.41) is 23.8. The summed E-state index contributed by atoms with van der Waals surface area (Å²) in [6, 6.07) is 34.1. The Kier molecular flexibility index (Phi) is 14.9. The summed E-state index contributed by atoms with van der Waals surface area (Å²) in [7, 11) is 0. The molecule has 1 saturated heterocycles. The Morgan fingerprint density at radius 3 is 2.32 bits per heavy atom. The molecule has 12 heteroatoms. The van der Waals surface area contributed by atoms with Crippen molar-refractivity contribution >= 4 is 28.7 Å². The van der Waals surface area contributed by atoms with Gasteiger partial charge in [0.05, 0.1) is 17.3 Å². The largest absolute Gasteiger partial charge is 0.487 e. The average molecular weight is 761 g/mol. The highest BCUT2D eigenvalue weighted by atomic mass is 16.6. The van der Waals surface area contributed by atoms with Crippen LogP contribution >= 0.6 is 0 Å². The summed E-state index contributed by atoms with van der Waals surface area (Å²) in [4.78, 5) is 42.3. The number of para-hydroxylation sites is 1. The third-order valence-electron chi connectivity index (χ3n) is 9.91. The predicted octanol–water partition coefficient (Wildman–Crippen LogP) is 6.58.